The van der Waals surface area contributed by atoms with Crippen LogP contribution in [0.3, 0.4) is 0 Å². The Labute approximate surface area is 149 Å². The molecule has 1 amide bonds. The first kappa shape index (κ1) is 15.3. The number of carbonyl (C=O) groups is 1. The van der Waals surface area contributed by atoms with E-state index in [1.54, 1.807) is 22.2 Å². The molecule has 2 aliphatic rings. The predicted octanol–water partition coefficient (Wildman–Crippen LogP) is 3.23. The van der Waals surface area contributed by atoms with Crippen LogP contribution in [0.15, 0.2) is 6.33 Å². The van der Waals surface area contributed by atoms with Crippen LogP contribution in [0.2, 0.25) is 0 Å². The third kappa shape index (κ3) is 2.36. The molecular formula is C18H21N5OS. The van der Waals surface area contributed by atoms with Crippen molar-refractivity contribution in [2.75, 3.05) is 6.54 Å². The molecule has 0 N–H and O–H groups in total. The summed E-state index contributed by atoms with van der Waals surface area (Å²) < 4.78 is 1.69. The van der Waals surface area contributed by atoms with Crippen molar-refractivity contribution >= 4 is 33.1 Å². The number of thiophene rings is 1. The zero-order chi connectivity index (χ0) is 17.0. The van der Waals surface area contributed by atoms with Gasteiger partial charge in [0.2, 0.25) is 5.82 Å². The smallest absolute Gasteiger partial charge is 0.293 e. The van der Waals surface area contributed by atoms with Gasteiger partial charge >= 0.3 is 0 Å². The topological polar surface area (TPSA) is 63.4 Å². The second-order valence-corrected chi connectivity index (χ2v) is 8.27. The molecule has 3 aromatic heterocycles. The van der Waals surface area contributed by atoms with Gasteiger partial charge in [0.15, 0.2) is 5.65 Å². The van der Waals surface area contributed by atoms with Crippen LogP contribution >= 0.6 is 11.3 Å². The number of aromatic nitrogens is 4. The second kappa shape index (κ2) is 5.76. The summed E-state index contributed by atoms with van der Waals surface area (Å²) in [4.78, 5) is 26.5. The Hall–Kier alpha value is -2.02. The molecule has 0 spiro atoms. The summed E-state index contributed by atoms with van der Waals surface area (Å²) in [6.45, 7) is 2.92. The van der Waals surface area contributed by atoms with Gasteiger partial charge in [0.05, 0.1) is 5.39 Å². The molecule has 7 heteroatoms. The van der Waals surface area contributed by atoms with E-state index in [1.807, 2.05) is 4.90 Å². The zero-order valence-electron chi connectivity index (χ0n) is 14.4. The molecule has 25 heavy (non-hydrogen) atoms. The van der Waals surface area contributed by atoms with Crippen LogP contribution in [0.4, 0.5) is 0 Å². The summed E-state index contributed by atoms with van der Waals surface area (Å²) >= 11 is 1.77. The van der Waals surface area contributed by atoms with Crippen LogP contribution in [0.1, 0.15) is 60.1 Å². The lowest BCUT2D eigenvalue weighted by Crippen LogP contribution is -2.42. The summed E-state index contributed by atoms with van der Waals surface area (Å²) in [6.07, 6.45) is 9.68. The molecule has 0 radical (unpaired) electrons. The van der Waals surface area contributed by atoms with Crippen LogP contribution in [0.25, 0.3) is 15.9 Å². The van der Waals surface area contributed by atoms with E-state index >= 15 is 0 Å². The first-order valence-corrected chi connectivity index (χ1v) is 10.0. The Morgan fingerprint density at radius 2 is 2.12 bits per heavy atom. The van der Waals surface area contributed by atoms with E-state index in [0.29, 0.717) is 5.82 Å². The fourth-order valence-electron chi connectivity index (χ4n) is 4.17. The van der Waals surface area contributed by atoms with Crippen LogP contribution in [-0.4, -0.2) is 43.0 Å². The molecule has 1 saturated heterocycles. The summed E-state index contributed by atoms with van der Waals surface area (Å²) in [5, 5.41) is 5.57. The van der Waals surface area contributed by atoms with Gasteiger partial charge in [-0.2, -0.15) is 0 Å². The number of rotatable bonds is 1. The first-order valence-electron chi connectivity index (χ1n) is 9.19. The number of piperidine rings is 1. The van der Waals surface area contributed by atoms with Gasteiger partial charge in [0, 0.05) is 17.5 Å². The van der Waals surface area contributed by atoms with Crippen molar-refractivity contribution in [2.24, 2.45) is 0 Å². The number of fused-ring (bicyclic) bond motifs is 5. The minimum atomic E-state index is -0.0480. The maximum Gasteiger partial charge on any atom is 0.293 e. The third-order valence-electron chi connectivity index (χ3n) is 5.55. The largest absolute Gasteiger partial charge is 0.333 e. The van der Waals surface area contributed by atoms with E-state index in [1.165, 1.54) is 29.7 Å². The quantitative estimate of drug-likeness (QED) is 0.672. The van der Waals surface area contributed by atoms with E-state index in [4.69, 9.17) is 0 Å². The van der Waals surface area contributed by atoms with Gasteiger partial charge in [-0.25, -0.2) is 14.5 Å². The molecule has 4 heterocycles. The first-order chi connectivity index (χ1) is 12.2. The van der Waals surface area contributed by atoms with Crippen molar-refractivity contribution in [3.05, 3.63) is 22.6 Å². The average Bonchev–Trinajstić information content (AvgIpc) is 3.22. The van der Waals surface area contributed by atoms with E-state index in [-0.39, 0.29) is 11.9 Å². The highest BCUT2D eigenvalue weighted by Crippen LogP contribution is 2.36. The molecular weight excluding hydrogens is 334 g/mol. The molecule has 3 aromatic rings. The highest BCUT2D eigenvalue weighted by molar-refractivity contribution is 7.19. The molecule has 0 saturated carbocycles. The van der Waals surface area contributed by atoms with E-state index in [9.17, 15) is 4.79 Å². The predicted molar refractivity (Wildman–Crippen MR) is 97.2 cm³/mol. The minimum absolute atomic E-state index is 0.0480. The number of likely N-dealkylation sites (tertiary alicyclic amines) is 1. The van der Waals surface area contributed by atoms with Gasteiger partial charge in [0.1, 0.15) is 11.2 Å². The number of hydrogen-bond acceptors (Lipinski definition) is 5. The van der Waals surface area contributed by atoms with Gasteiger partial charge in [-0.3, -0.25) is 4.79 Å². The molecule has 130 valence electrons. The highest BCUT2D eigenvalue weighted by atomic mass is 32.1. The number of carbonyl (C=O) groups excluding carboxylic acids is 1. The van der Waals surface area contributed by atoms with Crippen molar-refractivity contribution in [3.8, 4) is 0 Å². The SMILES string of the molecule is C[C@H]1CCCCN1C(=O)c1nc2c3c4c(sc3ncn2n1)CCCC4. The lowest BCUT2D eigenvalue weighted by Gasteiger charge is -2.32. The van der Waals surface area contributed by atoms with Gasteiger partial charge < -0.3 is 4.90 Å². The number of aryl methyl sites for hydroxylation is 2. The summed E-state index contributed by atoms with van der Waals surface area (Å²) in [6, 6.07) is 0.264. The molecule has 1 aliphatic carbocycles. The Balaban J connectivity index is 1.62. The zero-order valence-corrected chi connectivity index (χ0v) is 15.2. The Bertz CT molecular complexity index is 975. The molecule has 5 rings (SSSR count). The van der Waals surface area contributed by atoms with Crippen LogP contribution in [0.5, 0.6) is 0 Å². The van der Waals surface area contributed by atoms with Crippen LogP contribution < -0.4 is 0 Å². The van der Waals surface area contributed by atoms with Crippen LogP contribution in [-0.2, 0) is 12.8 Å². The monoisotopic (exact) mass is 355 g/mol. The van der Waals surface area contributed by atoms with Crippen LogP contribution in [0, 0.1) is 0 Å². The Morgan fingerprint density at radius 1 is 1.24 bits per heavy atom. The second-order valence-electron chi connectivity index (χ2n) is 7.18. The van der Waals surface area contributed by atoms with Gasteiger partial charge in [-0.05, 0) is 57.4 Å². The standard InChI is InChI=1S/C18H21N5OS/c1-11-6-4-5-9-22(11)18(24)15-20-16-14-12-7-2-3-8-13(12)25-17(14)19-10-23(16)21-15/h10-11H,2-9H2,1H3/t11-/m0/s1. The van der Waals surface area contributed by atoms with Gasteiger partial charge in [0.25, 0.3) is 5.91 Å². The van der Waals surface area contributed by atoms with Crippen molar-refractivity contribution < 1.29 is 4.79 Å². The maximum absolute atomic E-state index is 12.9. The third-order valence-corrected chi connectivity index (χ3v) is 6.75. The lowest BCUT2D eigenvalue weighted by molar-refractivity contribution is 0.0623. The molecule has 0 unspecified atom stereocenters. The number of nitrogens with zero attached hydrogens (tertiary/aromatic N) is 5. The molecule has 1 aliphatic heterocycles. The number of hydrogen-bond donors (Lipinski definition) is 0. The normalized spacial score (nSPS) is 21.0. The van der Waals surface area contributed by atoms with E-state index < -0.39 is 0 Å². The number of amides is 1. The van der Waals surface area contributed by atoms with Crippen molar-refractivity contribution in [1.82, 2.24) is 24.5 Å². The van der Waals surface area contributed by atoms with Gasteiger partial charge in [-0.1, -0.05) is 0 Å². The minimum Gasteiger partial charge on any atom is -0.333 e. The fourth-order valence-corrected chi connectivity index (χ4v) is 5.40. The summed E-state index contributed by atoms with van der Waals surface area (Å²) in [7, 11) is 0. The molecule has 0 aromatic carbocycles. The molecule has 0 bridgehead atoms. The van der Waals surface area contributed by atoms with Crippen molar-refractivity contribution in [1.29, 1.82) is 0 Å². The maximum atomic E-state index is 12.9. The molecule has 1 fully saturated rings. The Morgan fingerprint density at radius 3 is 3.00 bits per heavy atom. The summed E-state index contributed by atoms with van der Waals surface area (Å²) in [5.41, 5.74) is 2.17. The van der Waals surface area contributed by atoms with Crippen molar-refractivity contribution in [3.63, 3.8) is 0 Å². The van der Waals surface area contributed by atoms with Gasteiger partial charge in [-0.15, -0.1) is 16.4 Å². The highest BCUT2D eigenvalue weighted by Gasteiger charge is 2.28. The van der Waals surface area contributed by atoms with E-state index in [0.717, 1.165) is 48.1 Å². The fraction of sp³-hybridized carbons (Fsp3) is 0.556. The van der Waals surface area contributed by atoms with E-state index in [2.05, 4.69) is 22.0 Å². The van der Waals surface area contributed by atoms with Crippen molar-refractivity contribution in [2.45, 2.75) is 57.9 Å². The summed E-state index contributed by atoms with van der Waals surface area (Å²) in [5.74, 6) is 0.256. The molecule has 6 nitrogen and oxygen atoms in total. The Kier molecular flexibility index (Phi) is 3.51. The average molecular weight is 355 g/mol. The lowest BCUT2D eigenvalue weighted by atomic mass is 9.97. The molecule has 1 atom stereocenters.